The summed E-state index contributed by atoms with van der Waals surface area (Å²) in [6.07, 6.45) is 7.89. The van der Waals surface area contributed by atoms with Crippen LogP contribution in [-0.2, 0) is 6.54 Å². The van der Waals surface area contributed by atoms with Crippen LogP contribution in [0.5, 0.6) is 5.75 Å². The van der Waals surface area contributed by atoms with E-state index < -0.39 is 0 Å². The summed E-state index contributed by atoms with van der Waals surface area (Å²) in [4.78, 5) is 0. The molecule has 1 rings (SSSR count). The number of nitrogens with zero attached hydrogens (tertiary/aromatic N) is 1. The molecule has 3 heteroatoms. The van der Waals surface area contributed by atoms with Crippen molar-refractivity contribution in [3.8, 4) is 5.75 Å². The fourth-order valence-electron chi connectivity index (χ4n) is 3.17. The first-order chi connectivity index (χ1) is 10.7. The molecule has 0 aliphatic heterocycles. The molecule has 0 bridgehead atoms. The maximum Gasteiger partial charge on any atom is 0.118 e. The number of hydrogen-bond acceptors (Lipinski definition) is 2. The van der Waals surface area contributed by atoms with Crippen molar-refractivity contribution in [1.29, 1.82) is 0 Å². The maximum absolute atomic E-state index is 5.29. The van der Waals surface area contributed by atoms with Crippen LogP contribution in [0.2, 0.25) is 0 Å². The van der Waals surface area contributed by atoms with Gasteiger partial charge in [-0.15, -0.1) is 0 Å². The van der Waals surface area contributed by atoms with Gasteiger partial charge in [0.2, 0.25) is 0 Å². The Morgan fingerprint density at radius 2 is 1.22 bits per heavy atom. The summed E-state index contributed by atoms with van der Waals surface area (Å²) in [7, 11) is 1.74. The number of rotatable bonds is 12. The lowest BCUT2D eigenvalue weighted by Crippen LogP contribution is -2.49. The molecule has 0 aliphatic rings. The molecule has 0 atom stereocenters. The van der Waals surface area contributed by atoms with Crippen LogP contribution in [0.4, 0.5) is 0 Å². The average molecular weight is 324 g/mol. The van der Waals surface area contributed by atoms with Gasteiger partial charge >= 0.3 is 0 Å². The fraction of sp³-hybridized carbons (Fsp3) is 0.700. The van der Waals surface area contributed by atoms with Crippen LogP contribution >= 0.6 is 0 Å². The van der Waals surface area contributed by atoms with E-state index in [-0.39, 0.29) is 5.48 Å². The largest absolute Gasteiger partial charge is 0.870 e. The van der Waals surface area contributed by atoms with Crippen molar-refractivity contribution >= 4 is 0 Å². The van der Waals surface area contributed by atoms with Crippen molar-refractivity contribution in [3.63, 3.8) is 0 Å². The van der Waals surface area contributed by atoms with E-state index >= 15 is 0 Å². The van der Waals surface area contributed by atoms with E-state index in [0.717, 1.165) is 5.75 Å². The van der Waals surface area contributed by atoms with E-state index in [1.807, 2.05) is 0 Å². The van der Waals surface area contributed by atoms with Crippen molar-refractivity contribution in [3.05, 3.63) is 29.8 Å². The summed E-state index contributed by atoms with van der Waals surface area (Å²) >= 11 is 0. The lowest BCUT2D eigenvalue weighted by atomic mass is 10.1. The number of hydrogen-bond donors (Lipinski definition) is 0. The van der Waals surface area contributed by atoms with E-state index in [1.165, 1.54) is 74.8 Å². The Morgan fingerprint density at radius 3 is 1.57 bits per heavy atom. The Kier molecular flexibility index (Phi) is 11.8. The summed E-state index contributed by atoms with van der Waals surface area (Å²) < 4.78 is 6.55. The fourth-order valence-corrected chi connectivity index (χ4v) is 3.17. The van der Waals surface area contributed by atoms with Crippen molar-refractivity contribution in [2.45, 2.75) is 65.8 Å². The van der Waals surface area contributed by atoms with Gasteiger partial charge in [0, 0.05) is 5.56 Å². The molecule has 0 aromatic heterocycles. The molecule has 1 aromatic rings. The Balaban J connectivity index is 0.00000484. The molecule has 0 fully saturated rings. The zero-order valence-electron chi connectivity index (χ0n) is 15.7. The van der Waals surface area contributed by atoms with Gasteiger partial charge in [0.1, 0.15) is 12.3 Å². The summed E-state index contributed by atoms with van der Waals surface area (Å²) in [6.45, 7) is 12.1. The van der Waals surface area contributed by atoms with E-state index in [1.54, 1.807) is 7.11 Å². The van der Waals surface area contributed by atoms with Crippen molar-refractivity contribution in [2.75, 3.05) is 26.7 Å². The van der Waals surface area contributed by atoms with Crippen LogP contribution in [0.15, 0.2) is 24.3 Å². The highest BCUT2D eigenvalue weighted by atomic mass is 16.5. The Labute approximate surface area is 143 Å². The van der Waals surface area contributed by atoms with E-state index in [4.69, 9.17) is 4.74 Å². The second-order valence-electron chi connectivity index (χ2n) is 6.58. The van der Waals surface area contributed by atoms with Gasteiger partial charge in [0.15, 0.2) is 0 Å². The molecule has 0 saturated carbocycles. The lowest BCUT2D eigenvalue weighted by molar-refractivity contribution is -0.941. The second kappa shape index (κ2) is 12.4. The predicted molar refractivity (Wildman–Crippen MR) is 98.2 cm³/mol. The molecule has 3 nitrogen and oxygen atoms in total. The van der Waals surface area contributed by atoms with Crippen LogP contribution in [0.25, 0.3) is 0 Å². The minimum Gasteiger partial charge on any atom is -0.870 e. The van der Waals surface area contributed by atoms with Gasteiger partial charge in [-0.2, -0.15) is 0 Å². The third-order valence-corrected chi connectivity index (χ3v) is 4.64. The van der Waals surface area contributed by atoms with Gasteiger partial charge in [-0.3, -0.25) is 0 Å². The van der Waals surface area contributed by atoms with Crippen molar-refractivity contribution in [1.82, 2.24) is 0 Å². The number of ether oxygens (including phenoxy) is 1. The van der Waals surface area contributed by atoms with Gasteiger partial charge in [-0.05, 0) is 43.5 Å². The molecule has 23 heavy (non-hydrogen) atoms. The first kappa shape index (κ1) is 21.9. The van der Waals surface area contributed by atoms with Crippen molar-refractivity contribution < 1.29 is 14.7 Å². The molecule has 0 aliphatic carbocycles. The number of benzene rings is 1. The highest BCUT2D eigenvalue weighted by molar-refractivity contribution is 5.26. The summed E-state index contributed by atoms with van der Waals surface area (Å²) in [5, 5.41) is 0. The van der Waals surface area contributed by atoms with Gasteiger partial charge in [0.25, 0.3) is 0 Å². The first-order valence-corrected chi connectivity index (χ1v) is 9.17. The van der Waals surface area contributed by atoms with E-state index in [2.05, 4.69) is 45.0 Å². The number of methoxy groups -OCH3 is 1. The zero-order valence-corrected chi connectivity index (χ0v) is 15.7. The summed E-state index contributed by atoms with van der Waals surface area (Å²) in [6, 6.07) is 8.69. The number of quaternary nitrogens is 1. The monoisotopic (exact) mass is 323 g/mol. The van der Waals surface area contributed by atoms with Crippen LogP contribution in [-0.4, -0.2) is 36.7 Å². The highest BCUT2D eigenvalue weighted by Gasteiger charge is 2.26. The molecule has 0 unspecified atom stereocenters. The summed E-state index contributed by atoms with van der Waals surface area (Å²) in [5.41, 5.74) is 1.45. The molecular formula is C20H37NO2. The Bertz CT molecular complexity index is 367. The molecule has 0 saturated heterocycles. The standard InChI is InChI=1S/C20H36NO.H2O/c1-5-8-15-21(16-9-6-2,17-10-7-3)18-19-11-13-20(22-4)14-12-19;/h11-14H,5-10,15-18H2,1-4H3;1H2/q+1;/p-1. The van der Waals surface area contributed by atoms with Crippen LogP contribution < -0.4 is 4.74 Å². The molecular weight excluding hydrogens is 286 g/mol. The predicted octanol–water partition coefficient (Wildman–Crippen LogP) is 5.24. The molecule has 0 heterocycles. The first-order valence-electron chi connectivity index (χ1n) is 9.17. The van der Waals surface area contributed by atoms with Crippen LogP contribution in [0, 0.1) is 0 Å². The quantitative estimate of drug-likeness (QED) is 0.494. The van der Waals surface area contributed by atoms with Gasteiger partial charge in [-0.25, -0.2) is 0 Å². The molecule has 1 aromatic carbocycles. The smallest absolute Gasteiger partial charge is 0.118 e. The Morgan fingerprint density at radius 1 is 0.783 bits per heavy atom. The molecule has 134 valence electrons. The molecule has 0 radical (unpaired) electrons. The van der Waals surface area contributed by atoms with Crippen molar-refractivity contribution in [2.24, 2.45) is 0 Å². The molecule has 0 spiro atoms. The second-order valence-corrected chi connectivity index (χ2v) is 6.58. The van der Waals surface area contributed by atoms with Gasteiger partial charge < -0.3 is 14.7 Å². The topological polar surface area (TPSA) is 39.2 Å². The lowest BCUT2D eigenvalue weighted by Gasteiger charge is -2.39. The average Bonchev–Trinajstić information content (AvgIpc) is 2.56. The highest BCUT2D eigenvalue weighted by Crippen LogP contribution is 2.21. The van der Waals surface area contributed by atoms with Crippen LogP contribution in [0.3, 0.4) is 0 Å². The maximum atomic E-state index is 5.29. The Hall–Kier alpha value is -1.06. The third-order valence-electron chi connectivity index (χ3n) is 4.64. The molecule has 1 N–H and O–H groups in total. The third kappa shape index (κ3) is 7.85. The molecule has 0 amide bonds. The summed E-state index contributed by atoms with van der Waals surface area (Å²) in [5.74, 6) is 0.956. The number of unbranched alkanes of at least 4 members (excludes halogenated alkanes) is 3. The van der Waals surface area contributed by atoms with E-state index in [0.29, 0.717) is 0 Å². The minimum atomic E-state index is 0. The van der Waals surface area contributed by atoms with Gasteiger partial charge in [0.05, 0.1) is 26.7 Å². The minimum absolute atomic E-state index is 0. The van der Waals surface area contributed by atoms with Crippen LogP contribution in [0.1, 0.15) is 64.9 Å². The SMILES string of the molecule is CCCC[N+](CCCC)(CCCC)Cc1ccc(OC)cc1.[OH-]. The normalized spacial score (nSPS) is 11.1. The van der Waals surface area contributed by atoms with E-state index in [9.17, 15) is 0 Å². The van der Waals surface area contributed by atoms with Gasteiger partial charge in [-0.1, -0.05) is 40.0 Å². The zero-order chi connectivity index (χ0) is 16.3.